The second-order valence-electron chi connectivity index (χ2n) is 9.94. The average Bonchev–Trinajstić information content (AvgIpc) is 3.22. The second-order valence-corrected chi connectivity index (χ2v) is 9.94. The number of hydrogen-bond donors (Lipinski definition) is 2. The van der Waals surface area contributed by atoms with Crippen molar-refractivity contribution in [3.63, 3.8) is 0 Å². The first-order chi connectivity index (χ1) is 16.6. The summed E-state index contributed by atoms with van der Waals surface area (Å²) in [4.78, 5) is 21.9. The number of nitrogens with zero attached hydrogens (tertiary/aromatic N) is 6. The Balaban J connectivity index is 1.65. The van der Waals surface area contributed by atoms with E-state index in [-0.39, 0.29) is 12.1 Å². The molecule has 0 aromatic carbocycles. The zero-order valence-corrected chi connectivity index (χ0v) is 20.7. The number of halogens is 3. The Morgan fingerprint density at radius 3 is 2.47 bits per heavy atom. The topological polar surface area (TPSA) is 129 Å². The van der Waals surface area contributed by atoms with Gasteiger partial charge in [0.05, 0.1) is 36.1 Å². The highest BCUT2D eigenvalue weighted by Gasteiger charge is 2.46. The van der Waals surface area contributed by atoms with Gasteiger partial charge in [0.15, 0.2) is 0 Å². The number of aliphatic hydroxyl groups is 1. The van der Waals surface area contributed by atoms with Gasteiger partial charge < -0.3 is 20.0 Å². The molecular weight excluding hydrogens is 478 g/mol. The highest BCUT2D eigenvalue weighted by molar-refractivity contribution is 6.46. The first kappa shape index (κ1) is 27.4. The van der Waals surface area contributed by atoms with E-state index in [0.717, 1.165) is 13.1 Å². The number of aromatic nitrogens is 4. The van der Waals surface area contributed by atoms with E-state index in [9.17, 15) is 28.3 Å². The fourth-order valence-electron chi connectivity index (χ4n) is 3.28. The zero-order valence-electron chi connectivity index (χ0n) is 20.7. The van der Waals surface area contributed by atoms with Gasteiger partial charge in [0.1, 0.15) is 23.1 Å². The third-order valence-electron chi connectivity index (χ3n) is 6.46. The van der Waals surface area contributed by atoms with Gasteiger partial charge in [-0.2, -0.15) is 23.5 Å². The zero-order chi connectivity index (χ0) is 26.9. The maximum Gasteiger partial charge on any atom is 0.408 e. The predicted molar refractivity (Wildman–Crippen MR) is 125 cm³/mol. The maximum atomic E-state index is 12.7. The minimum absolute atomic E-state index is 0.171. The van der Waals surface area contributed by atoms with E-state index >= 15 is 0 Å². The summed E-state index contributed by atoms with van der Waals surface area (Å²) in [7, 11) is 1.51. The van der Waals surface area contributed by atoms with Crippen LogP contribution in [0.1, 0.15) is 51.5 Å². The highest BCUT2D eigenvalue weighted by atomic mass is 19.4. The molecule has 0 saturated carbocycles. The Bertz CT molecular complexity index is 1120. The van der Waals surface area contributed by atoms with Gasteiger partial charge in [0.25, 0.3) is 5.91 Å². The fraction of sp³-hybridized carbons (Fsp3) is 0.591. The molecule has 193 valence electrons. The molecule has 0 spiro atoms. The summed E-state index contributed by atoms with van der Waals surface area (Å²) in [6.07, 6.45) is 1.36. The number of nitrogens with one attached hydrogen (secondary N) is 1. The Morgan fingerprint density at radius 2 is 1.94 bits per heavy atom. The lowest BCUT2D eigenvalue weighted by Gasteiger charge is -2.49. The van der Waals surface area contributed by atoms with E-state index in [1.54, 1.807) is 44.8 Å². The molecule has 1 radical (unpaired) electrons. The molecule has 0 unspecified atom stereocenters. The van der Waals surface area contributed by atoms with Crippen molar-refractivity contribution in [1.29, 1.82) is 5.26 Å². The van der Waals surface area contributed by atoms with Crippen molar-refractivity contribution in [3.05, 3.63) is 30.5 Å². The van der Waals surface area contributed by atoms with Crippen molar-refractivity contribution in [2.45, 2.75) is 70.0 Å². The molecule has 1 saturated heterocycles. The summed E-state index contributed by atoms with van der Waals surface area (Å²) < 4.78 is 45.4. The highest BCUT2D eigenvalue weighted by Crippen LogP contribution is 2.34. The Labute approximate surface area is 207 Å². The summed E-state index contributed by atoms with van der Waals surface area (Å²) in [5, 5.41) is 25.9. The first-order valence-corrected chi connectivity index (χ1v) is 11.2. The summed E-state index contributed by atoms with van der Waals surface area (Å²) in [5.41, 5.74) is -2.14. The molecule has 1 atom stereocenters. The van der Waals surface area contributed by atoms with Gasteiger partial charge in [-0.25, -0.2) is 9.97 Å². The predicted octanol–water partition coefficient (Wildman–Crippen LogP) is 1.29. The second kappa shape index (κ2) is 9.70. The molecule has 1 aliphatic rings. The number of alkyl halides is 3. The summed E-state index contributed by atoms with van der Waals surface area (Å²) >= 11 is 0. The van der Waals surface area contributed by atoms with Crippen LogP contribution in [0.4, 0.5) is 19.0 Å². The molecule has 1 fully saturated rings. The Kier molecular flexibility index (Phi) is 7.39. The van der Waals surface area contributed by atoms with Gasteiger partial charge in [-0.15, -0.1) is 0 Å². The molecule has 14 heteroatoms. The SMILES string of the molecule is C[C@H](NC(=O)c1cnc(N2CC(CC#N)(n3cc([B]OC(C)(C)C(C)(C)O)cn3)C2)cn1)C(F)(F)F. The van der Waals surface area contributed by atoms with Crippen molar-refractivity contribution < 1.29 is 27.7 Å². The van der Waals surface area contributed by atoms with Crippen LogP contribution in [0.25, 0.3) is 0 Å². The molecule has 2 N–H and O–H groups in total. The summed E-state index contributed by atoms with van der Waals surface area (Å²) in [6, 6.07) is 0.161. The van der Waals surface area contributed by atoms with Crippen LogP contribution in [0, 0.1) is 11.3 Å². The third kappa shape index (κ3) is 5.79. The van der Waals surface area contributed by atoms with E-state index in [0.29, 0.717) is 24.4 Å². The van der Waals surface area contributed by atoms with Crippen LogP contribution < -0.4 is 15.7 Å². The van der Waals surface area contributed by atoms with Gasteiger partial charge in [-0.1, -0.05) is 0 Å². The van der Waals surface area contributed by atoms with Gasteiger partial charge in [0, 0.05) is 25.5 Å². The molecule has 36 heavy (non-hydrogen) atoms. The molecule has 0 bridgehead atoms. The van der Waals surface area contributed by atoms with Crippen molar-refractivity contribution in [3.8, 4) is 6.07 Å². The Hall–Kier alpha value is -3.18. The number of anilines is 1. The van der Waals surface area contributed by atoms with Crippen molar-refractivity contribution in [2.75, 3.05) is 18.0 Å². The standard InChI is InChI=1S/C22H28BF3N7O3/c1-14(22(24,25)26)31-18(34)16-9-29-17(10-28-16)32-12-21(13-32,6-7-27)33-11-15(8-30-33)23-36-20(4,5)19(2,3)35/h8-11,14,35H,6,12-13H2,1-5H3,(H,31,34)/t14-/m0/s1. The lowest BCUT2D eigenvalue weighted by molar-refractivity contribution is -0.149. The molecule has 3 rings (SSSR count). The molecule has 2 aromatic heterocycles. The molecule has 0 aliphatic carbocycles. The number of amides is 1. The molecule has 1 aliphatic heterocycles. The van der Waals surface area contributed by atoms with E-state index in [1.807, 2.05) is 10.2 Å². The van der Waals surface area contributed by atoms with Crippen molar-refractivity contribution in [1.82, 2.24) is 25.1 Å². The number of carbonyl (C=O) groups is 1. The van der Waals surface area contributed by atoms with Crippen molar-refractivity contribution >= 4 is 24.7 Å². The maximum absolute atomic E-state index is 12.7. The first-order valence-electron chi connectivity index (χ1n) is 11.2. The molecular formula is C22H28BF3N7O3. The number of rotatable bonds is 9. The van der Waals surface area contributed by atoms with E-state index < -0.39 is 34.9 Å². The van der Waals surface area contributed by atoms with Crippen LogP contribution in [0.15, 0.2) is 24.8 Å². The normalized spacial score (nSPS) is 16.6. The van der Waals surface area contributed by atoms with E-state index in [4.69, 9.17) is 4.65 Å². The number of hydrogen-bond acceptors (Lipinski definition) is 8. The van der Waals surface area contributed by atoms with Crippen LogP contribution in [-0.2, 0) is 10.2 Å². The third-order valence-corrected chi connectivity index (χ3v) is 6.46. The van der Waals surface area contributed by atoms with Crippen molar-refractivity contribution in [2.24, 2.45) is 0 Å². The summed E-state index contributed by atoms with van der Waals surface area (Å²) in [6.45, 7) is 8.43. The van der Waals surface area contributed by atoms with Gasteiger partial charge in [0.2, 0.25) is 0 Å². The van der Waals surface area contributed by atoms with Gasteiger partial charge in [-0.05, 0) is 40.1 Å². The van der Waals surface area contributed by atoms with Crippen LogP contribution in [0.5, 0.6) is 0 Å². The minimum atomic E-state index is -4.56. The molecule has 1 amide bonds. The van der Waals surface area contributed by atoms with Crippen LogP contribution >= 0.6 is 0 Å². The van der Waals surface area contributed by atoms with Gasteiger partial charge in [-0.3, -0.25) is 9.48 Å². The number of carbonyl (C=O) groups excluding carboxylic acids is 1. The molecule has 3 heterocycles. The van der Waals surface area contributed by atoms with E-state index in [2.05, 4.69) is 21.1 Å². The largest absolute Gasteiger partial charge is 0.427 e. The van der Waals surface area contributed by atoms with E-state index in [1.165, 1.54) is 13.7 Å². The monoisotopic (exact) mass is 506 g/mol. The van der Waals surface area contributed by atoms with Gasteiger partial charge >= 0.3 is 13.7 Å². The van der Waals surface area contributed by atoms with Crippen LogP contribution in [-0.4, -0.2) is 74.8 Å². The quantitative estimate of drug-likeness (QED) is 0.487. The lowest BCUT2D eigenvalue weighted by Crippen LogP contribution is -2.63. The van der Waals surface area contributed by atoms with Crippen LogP contribution in [0.2, 0.25) is 0 Å². The average molecular weight is 506 g/mol. The fourth-order valence-corrected chi connectivity index (χ4v) is 3.28. The Morgan fingerprint density at radius 1 is 1.28 bits per heavy atom. The smallest absolute Gasteiger partial charge is 0.408 e. The number of nitriles is 1. The minimum Gasteiger partial charge on any atom is -0.427 e. The molecule has 10 nitrogen and oxygen atoms in total. The summed E-state index contributed by atoms with van der Waals surface area (Å²) in [5.74, 6) is -0.560. The lowest BCUT2D eigenvalue weighted by atomic mass is 9.83. The van der Waals surface area contributed by atoms with Crippen LogP contribution in [0.3, 0.4) is 0 Å². The molecule has 2 aromatic rings.